The van der Waals surface area contributed by atoms with Gasteiger partial charge in [0.15, 0.2) is 5.82 Å². The van der Waals surface area contributed by atoms with Crippen LogP contribution in [-0.2, 0) is 11.5 Å². The van der Waals surface area contributed by atoms with Crippen molar-refractivity contribution in [1.82, 2.24) is 29.5 Å². The van der Waals surface area contributed by atoms with Crippen LogP contribution in [0.15, 0.2) is 54.9 Å². The van der Waals surface area contributed by atoms with Crippen molar-refractivity contribution in [3.8, 4) is 17.1 Å². The Morgan fingerprint density at radius 3 is 2.68 bits per heavy atom. The zero-order valence-electron chi connectivity index (χ0n) is 16.1. The minimum atomic E-state index is -0.00848. The summed E-state index contributed by atoms with van der Waals surface area (Å²) >= 11 is 5.71. The number of carbonyl (C=O) groups is 1. The summed E-state index contributed by atoms with van der Waals surface area (Å²) in [6.45, 7) is 3.40. The molecule has 0 saturated heterocycles. The zero-order valence-corrected chi connectivity index (χ0v) is 16.9. The summed E-state index contributed by atoms with van der Waals surface area (Å²) in [5, 5.41) is 7.61. The Morgan fingerprint density at radius 2 is 2.00 bits per heavy atom. The highest BCUT2D eigenvalue weighted by Gasteiger charge is 2.16. The average molecular weight is 397 g/mol. The van der Waals surface area contributed by atoms with Crippen molar-refractivity contribution in [2.24, 2.45) is 0 Å². The second-order valence-electron chi connectivity index (χ2n) is 6.52. The van der Waals surface area contributed by atoms with Crippen LogP contribution in [0.4, 0.5) is 0 Å². The summed E-state index contributed by atoms with van der Waals surface area (Å²) in [5.74, 6) is 0.707. The third kappa shape index (κ3) is 4.71. The number of likely N-dealkylation sites (N-methyl/N-ethyl adjacent to an activating group) is 1. The molecule has 0 saturated carbocycles. The molecule has 0 atom stereocenters. The van der Waals surface area contributed by atoms with Crippen molar-refractivity contribution in [2.75, 3.05) is 20.1 Å². The number of pyridine rings is 1. The Labute approximate surface area is 169 Å². The number of aromatic nitrogens is 4. The van der Waals surface area contributed by atoms with Crippen LogP contribution in [0.1, 0.15) is 13.3 Å². The molecule has 0 fully saturated rings. The molecule has 8 heteroatoms. The zero-order chi connectivity index (χ0) is 19.9. The lowest BCUT2D eigenvalue weighted by Crippen LogP contribution is -2.36. The first kappa shape index (κ1) is 19.9. The molecule has 2 heterocycles. The maximum atomic E-state index is 12.0. The van der Waals surface area contributed by atoms with Gasteiger partial charge in [-0.3, -0.25) is 19.2 Å². The van der Waals surface area contributed by atoms with Gasteiger partial charge in [-0.1, -0.05) is 25.1 Å². The molecule has 0 aliphatic rings. The Kier molecular flexibility index (Phi) is 6.67. The molecule has 3 aromatic rings. The van der Waals surface area contributed by atoms with E-state index in [1.807, 2.05) is 65.9 Å². The van der Waals surface area contributed by atoms with Gasteiger partial charge in [-0.25, -0.2) is 4.68 Å². The summed E-state index contributed by atoms with van der Waals surface area (Å²) in [5.41, 5.74) is 1.81. The van der Waals surface area contributed by atoms with Crippen molar-refractivity contribution in [1.29, 1.82) is 0 Å². The minimum Gasteiger partial charge on any atom is -0.355 e. The second kappa shape index (κ2) is 9.38. The van der Waals surface area contributed by atoms with Crippen LogP contribution in [0.5, 0.6) is 0 Å². The molecule has 0 aliphatic heterocycles. The first-order chi connectivity index (χ1) is 13.6. The van der Waals surface area contributed by atoms with Gasteiger partial charge in [0, 0.05) is 30.2 Å². The minimum absolute atomic E-state index is 0.00848. The van der Waals surface area contributed by atoms with E-state index in [1.165, 1.54) is 0 Å². The van der Waals surface area contributed by atoms with E-state index in [1.54, 1.807) is 17.1 Å². The first-order valence-corrected chi connectivity index (χ1v) is 9.62. The first-order valence-electron chi connectivity index (χ1n) is 9.21. The fraction of sp³-hybridized carbons (Fsp3) is 0.300. The largest absolute Gasteiger partial charge is 0.355 e. The second-order valence-corrected chi connectivity index (χ2v) is 6.89. The van der Waals surface area contributed by atoms with Crippen molar-refractivity contribution >= 4 is 18.1 Å². The Morgan fingerprint density at radius 1 is 1.21 bits per heavy atom. The molecule has 0 radical (unpaired) electrons. The summed E-state index contributed by atoms with van der Waals surface area (Å²) in [4.78, 5) is 18.1. The molecule has 1 amide bonds. The standard InChI is InChI=1S/C20H24N6OS/c1-3-11-22-18(27)14-24(2)15-25-20(28)26(17-9-5-4-6-10-17)19(23-25)16-8-7-12-21-13-16/h4-10,12-13H,3,11,14-15H2,1-2H3,(H,22,27). The van der Waals surface area contributed by atoms with E-state index in [4.69, 9.17) is 17.3 Å². The van der Waals surface area contributed by atoms with Crippen molar-refractivity contribution < 1.29 is 4.79 Å². The summed E-state index contributed by atoms with van der Waals surface area (Å²) in [7, 11) is 1.87. The predicted molar refractivity (Wildman–Crippen MR) is 112 cm³/mol. The highest BCUT2D eigenvalue weighted by atomic mass is 32.1. The number of hydrogen-bond acceptors (Lipinski definition) is 5. The van der Waals surface area contributed by atoms with Crippen LogP contribution in [0.2, 0.25) is 0 Å². The molecule has 1 aromatic carbocycles. The van der Waals surface area contributed by atoms with Gasteiger partial charge in [0.25, 0.3) is 0 Å². The number of amides is 1. The molecule has 0 spiro atoms. The van der Waals surface area contributed by atoms with Crippen LogP contribution >= 0.6 is 12.2 Å². The van der Waals surface area contributed by atoms with Gasteiger partial charge in [0.2, 0.25) is 10.7 Å². The maximum Gasteiger partial charge on any atom is 0.234 e. The summed E-state index contributed by atoms with van der Waals surface area (Å²) in [6, 6.07) is 13.7. The third-order valence-corrected chi connectivity index (χ3v) is 4.53. The number of hydrogen-bond donors (Lipinski definition) is 1. The quantitative estimate of drug-likeness (QED) is 0.593. The van der Waals surface area contributed by atoms with Crippen LogP contribution < -0.4 is 5.32 Å². The normalized spacial score (nSPS) is 11.0. The predicted octanol–water partition coefficient (Wildman–Crippen LogP) is 2.88. The van der Waals surface area contributed by atoms with Crippen molar-refractivity contribution in [2.45, 2.75) is 20.0 Å². The van der Waals surface area contributed by atoms with Crippen LogP contribution in [0, 0.1) is 4.77 Å². The third-order valence-electron chi connectivity index (χ3n) is 4.13. The molecular weight excluding hydrogens is 372 g/mol. The van der Waals surface area contributed by atoms with Crippen LogP contribution in [-0.4, -0.2) is 50.3 Å². The summed E-state index contributed by atoms with van der Waals surface area (Å²) < 4.78 is 4.22. The fourth-order valence-electron chi connectivity index (χ4n) is 2.84. The van der Waals surface area contributed by atoms with Gasteiger partial charge in [-0.05, 0) is 50.0 Å². The monoisotopic (exact) mass is 396 g/mol. The van der Waals surface area contributed by atoms with Crippen molar-refractivity contribution in [3.63, 3.8) is 0 Å². The van der Waals surface area contributed by atoms with E-state index in [9.17, 15) is 4.79 Å². The van der Waals surface area contributed by atoms with Crippen LogP contribution in [0.25, 0.3) is 17.1 Å². The number of carbonyl (C=O) groups excluding carboxylic acids is 1. The lowest BCUT2D eigenvalue weighted by molar-refractivity contribution is -0.122. The topological polar surface area (TPSA) is 68.0 Å². The molecule has 0 unspecified atom stereocenters. The van der Waals surface area contributed by atoms with Crippen LogP contribution in [0.3, 0.4) is 0 Å². The molecule has 2 aromatic heterocycles. The Hall–Kier alpha value is -2.84. The van der Waals surface area contributed by atoms with Gasteiger partial charge in [0.05, 0.1) is 13.2 Å². The molecule has 1 N–H and O–H groups in total. The molecule has 0 bridgehead atoms. The SMILES string of the molecule is CCCNC(=O)CN(C)Cn1nc(-c2cccnc2)n(-c2ccccc2)c1=S. The molecule has 28 heavy (non-hydrogen) atoms. The highest BCUT2D eigenvalue weighted by Crippen LogP contribution is 2.21. The van der Waals surface area contributed by atoms with Gasteiger partial charge in [-0.2, -0.15) is 0 Å². The van der Waals surface area contributed by atoms with E-state index in [2.05, 4.69) is 10.3 Å². The number of rotatable bonds is 8. The average Bonchev–Trinajstić information content (AvgIpc) is 3.03. The molecular formula is C20H24N6OS. The van der Waals surface area contributed by atoms with Gasteiger partial charge >= 0.3 is 0 Å². The number of para-hydroxylation sites is 1. The van der Waals surface area contributed by atoms with Gasteiger partial charge in [-0.15, -0.1) is 5.10 Å². The molecule has 146 valence electrons. The Bertz CT molecular complexity index is 967. The van der Waals surface area contributed by atoms with Gasteiger partial charge in [0.1, 0.15) is 0 Å². The lowest BCUT2D eigenvalue weighted by Gasteiger charge is -2.15. The Balaban J connectivity index is 1.92. The van der Waals surface area contributed by atoms with E-state index >= 15 is 0 Å². The van der Waals surface area contributed by atoms with E-state index in [0.717, 1.165) is 17.7 Å². The highest BCUT2D eigenvalue weighted by molar-refractivity contribution is 7.71. The number of nitrogens with one attached hydrogen (secondary N) is 1. The fourth-order valence-corrected chi connectivity index (χ4v) is 3.13. The molecule has 0 aliphatic carbocycles. The van der Waals surface area contributed by atoms with Crippen molar-refractivity contribution in [3.05, 3.63) is 59.6 Å². The van der Waals surface area contributed by atoms with Gasteiger partial charge < -0.3 is 5.32 Å². The smallest absolute Gasteiger partial charge is 0.234 e. The van der Waals surface area contributed by atoms with E-state index in [-0.39, 0.29) is 12.5 Å². The maximum absolute atomic E-state index is 12.0. The lowest BCUT2D eigenvalue weighted by atomic mass is 10.2. The van der Waals surface area contributed by atoms with E-state index < -0.39 is 0 Å². The van der Waals surface area contributed by atoms with E-state index in [0.29, 0.717) is 23.8 Å². The number of nitrogens with zero attached hydrogens (tertiary/aromatic N) is 5. The summed E-state index contributed by atoms with van der Waals surface area (Å²) in [6.07, 6.45) is 4.41. The number of benzene rings is 1. The molecule has 7 nitrogen and oxygen atoms in total. The molecule has 3 rings (SSSR count).